The van der Waals surface area contributed by atoms with Crippen molar-refractivity contribution in [1.29, 1.82) is 0 Å². The molecule has 18 heavy (non-hydrogen) atoms. The molecule has 0 aliphatic rings. The molecule has 0 fully saturated rings. The van der Waals surface area contributed by atoms with Crippen molar-refractivity contribution in [3.63, 3.8) is 0 Å². The Morgan fingerprint density at radius 2 is 2.22 bits per heavy atom. The number of thiophene rings is 2. The summed E-state index contributed by atoms with van der Waals surface area (Å²) in [6.07, 6.45) is 0. The van der Waals surface area contributed by atoms with Gasteiger partial charge in [0.2, 0.25) is 0 Å². The van der Waals surface area contributed by atoms with Crippen LogP contribution in [0.15, 0.2) is 32.7 Å². The molecule has 0 unspecified atom stereocenters. The van der Waals surface area contributed by atoms with E-state index in [4.69, 9.17) is 0 Å². The minimum Gasteiger partial charge on any atom is -0.351 e. The van der Waals surface area contributed by atoms with Gasteiger partial charge in [-0.15, -0.1) is 22.7 Å². The van der Waals surface area contributed by atoms with E-state index in [1.807, 2.05) is 17.5 Å². The summed E-state index contributed by atoms with van der Waals surface area (Å²) in [6, 6.07) is 6.00. The zero-order valence-electron chi connectivity index (χ0n) is 10.2. The van der Waals surface area contributed by atoms with E-state index in [-0.39, 0.29) is 11.3 Å². The number of rotatable bonds is 4. The maximum Gasteiger partial charge on any atom is 0.252 e. The fourth-order valence-electron chi connectivity index (χ4n) is 1.58. The maximum atomic E-state index is 12.0. The zero-order valence-corrected chi connectivity index (χ0v) is 13.4. The number of carbonyl (C=O) groups is 1. The SMILES string of the molecule is CC(C)(CNC(=O)c1csc(Br)c1)c1cccs1. The molecule has 0 aliphatic carbocycles. The van der Waals surface area contributed by atoms with E-state index in [1.165, 1.54) is 16.2 Å². The van der Waals surface area contributed by atoms with Gasteiger partial charge in [-0.2, -0.15) is 0 Å². The van der Waals surface area contributed by atoms with Crippen LogP contribution in [0.3, 0.4) is 0 Å². The summed E-state index contributed by atoms with van der Waals surface area (Å²) in [5.74, 6) is -0.0124. The third kappa shape index (κ3) is 3.22. The summed E-state index contributed by atoms with van der Waals surface area (Å²) in [6.45, 7) is 4.92. The second-order valence-corrected chi connectivity index (χ2v) is 7.92. The van der Waals surface area contributed by atoms with Crippen molar-refractivity contribution in [2.45, 2.75) is 19.3 Å². The molecule has 0 aliphatic heterocycles. The van der Waals surface area contributed by atoms with Gasteiger partial charge in [0, 0.05) is 22.2 Å². The molecule has 0 saturated carbocycles. The lowest BCUT2D eigenvalue weighted by Gasteiger charge is -2.23. The Morgan fingerprint density at radius 1 is 1.44 bits per heavy atom. The van der Waals surface area contributed by atoms with Crippen LogP contribution in [0.4, 0.5) is 0 Å². The van der Waals surface area contributed by atoms with Crippen molar-refractivity contribution in [2.75, 3.05) is 6.54 Å². The van der Waals surface area contributed by atoms with Gasteiger partial charge in [-0.1, -0.05) is 19.9 Å². The fraction of sp³-hybridized carbons (Fsp3) is 0.308. The van der Waals surface area contributed by atoms with Crippen LogP contribution in [-0.2, 0) is 5.41 Å². The summed E-state index contributed by atoms with van der Waals surface area (Å²) in [5, 5.41) is 6.92. The van der Waals surface area contributed by atoms with Gasteiger partial charge in [-0.05, 0) is 33.4 Å². The quantitative estimate of drug-likeness (QED) is 0.881. The highest BCUT2D eigenvalue weighted by Gasteiger charge is 2.22. The molecule has 0 radical (unpaired) electrons. The summed E-state index contributed by atoms with van der Waals surface area (Å²) < 4.78 is 0.977. The van der Waals surface area contributed by atoms with Crippen LogP contribution in [0.25, 0.3) is 0 Å². The molecule has 0 atom stereocenters. The van der Waals surface area contributed by atoms with Crippen molar-refractivity contribution in [3.8, 4) is 0 Å². The van der Waals surface area contributed by atoms with Crippen LogP contribution in [0.1, 0.15) is 29.1 Å². The maximum absolute atomic E-state index is 12.0. The summed E-state index contributed by atoms with van der Waals surface area (Å²) in [5.41, 5.74) is 0.686. The monoisotopic (exact) mass is 343 g/mol. The van der Waals surface area contributed by atoms with Crippen LogP contribution in [-0.4, -0.2) is 12.5 Å². The molecule has 0 saturated heterocycles. The Bertz CT molecular complexity index is 531. The minimum atomic E-state index is -0.0307. The second kappa shape index (κ2) is 5.55. The Kier molecular flexibility index (Phi) is 4.25. The molecule has 1 N–H and O–H groups in total. The Morgan fingerprint density at radius 3 is 2.78 bits per heavy atom. The largest absolute Gasteiger partial charge is 0.351 e. The standard InChI is InChI=1S/C13H14BrNOS2/c1-13(2,10-4-3-5-17-10)8-15-12(16)9-6-11(14)18-7-9/h3-7H,8H2,1-2H3,(H,15,16). The summed E-state index contributed by atoms with van der Waals surface area (Å²) >= 11 is 6.61. The number of halogens is 1. The molecule has 2 nitrogen and oxygen atoms in total. The number of amides is 1. The Hall–Kier alpha value is -0.650. The molecule has 0 spiro atoms. The fourth-order valence-corrected chi connectivity index (χ4v) is 3.57. The van der Waals surface area contributed by atoms with Gasteiger partial charge < -0.3 is 5.32 Å². The molecule has 0 bridgehead atoms. The smallest absolute Gasteiger partial charge is 0.252 e. The average molecular weight is 344 g/mol. The predicted molar refractivity (Wildman–Crippen MR) is 81.7 cm³/mol. The lowest BCUT2D eigenvalue weighted by Crippen LogP contribution is -2.36. The first-order valence-corrected chi connectivity index (χ1v) is 8.10. The molecule has 0 aromatic carbocycles. The molecule has 2 rings (SSSR count). The van der Waals surface area contributed by atoms with Crippen molar-refractivity contribution < 1.29 is 4.79 Å². The highest BCUT2D eigenvalue weighted by molar-refractivity contribution is 9.11. The van der Waals surface area contributed by atoms with E-state index in [2.05, 4.69) is 46.5 Å². The normalized spacial score (nSPS) is 11.5. The van der Waals surface area contributed by atoms with Crippen LogP contribution >= 0.6 is 38.6 Å². The highest BCUT2D eigenvalue weighted by Crippen LogP contribution is 2.27. The average Bonchev–Trinajstić information content (AvgIpc) is 2.96. The van der Waals surface area contributed by atoms with Gasteiger partial charge in [-0.3, -0.25) is 4.79 Å². The van der Waals surface area contributed by atoms with Gasteiger partial charge in [-0.25, -0.2) is 0 Å². The van der Waals surface area contributed by atoms with Gasteiger partial charge in [0.05, 0.1) is 9.35 Å². The van der Waals surface area contributed by atoms with E-state index in [0.717, 1.165) is 3.79 Å². The third-order valence-electron chi connectivity index (χ3n) is 2.71. The number of hydrogen-bond donors (Lipinski definition) is 1. The molecular weight excluding hydrogens is 330 g/mol. The predicted octanol–water partition coefficient (Wildman–Crippen LogP) is 4.28. The molecule has 2 aromatic heterocycles. The van der Waals surface area contributed by atoms with Crippen LogP contribution < -0.4 is 5.32 Å². The number of carbonyl (C=O) groups excluding carboxylic acids is 1. The minimum absolute atomic E-state index is 0.0124. The third-order valence-corrected chi connectivity index (χ3v) is 5.45. The number of hydrogen-bond acceptors (Lipinski definition) is 3. The molecule has 1 amide bonds. The lowest BCUT2D eigenvalue weighted by atomic mass is 9.91. The van der Waals surface area contributed by atoms with Gasteiger partial charge in [0.25, 0.3) is 5.91 Å². The van der Waals surface area contributed by atoms with Gasteiger partial charge >= 0.3 is 0 Å². The number of nitrogens with one attached hydrogen (secondary N) is 1. The zero-order chi connectivity index (χ0) is 13.2. The first-order chi connectivity index (χ1) is 8.49. The summed E-state index contributed by atoms with van der Waals surface area (Å²) in [4.78, 5) is 13.2. The Balaban J connectivity index is 1.98. The molecule has 2 heterocycles. The van der Waals surface area contributed by atoms with E-state index < -0.39 is 0 Å². The molecule has 2 aromatic rings. The van der Waals surface area contributed by atoms with E-state index in [0.29, 0.717) is 12.1 Å². The first kappa shape index (κ1) is 13.8. The van der Waals surface area contributed by atoms with Gasteiger partial charge in [0.15, 0.2) is 0 Å². The topological polar surface area (TPSA) is 29.1 Å². The van der Waals surface area contributed by atoms with Crippen LogP contribution in [0, 0.1) is 0 Å². The lowest BCUT2D eigenvalue weighted by molar-refractivity contribution is 0.0946. The van der Waals surface area contributed by atoms with E-state index in [9.17, 15) is 4.79 Å². The van der Waals surface area contributed by atoms with Crippen molar-refractivity contribution >= 4 is 44.5 Å². The second-order valence-electron chi connectivity index (χ2n) is 4.68. The molecule has 96 valence electrons. The van der Waals surface area contributed by atoms with Crippen LogP contribution in [0.5, 0.6) is 0 Å². The van der Waals surface area contributed by atoms with Crippen molar-refractivity contribution in [3.05, 3.63) is 43.2 Å². The van der Waals surface area contributed by atoms with E-state index >= 15 is 0 Å². The van der Waals surface area contributed by atoms with Crippen molar-refractivity contribution in [2.24, 2.45) is 0 Å². The van der Waals surface area contributed by atoms with Crippen molar-refractivity contribution in [1.82, 2.24) is 5.32 Å². The van der Waals surface area contributed by atoms with E-state index in [1.54, 1.807) is 11.3 Å². The Labute approximate surface area is 123 Å². The summed E-state index contributed by atoms with van der Waals surface area (Å²) in [7, 11) is 0. The first-order valence-electron chi connectivity index (χ1n) is 5.55. The highest BCUT2D eigenvalue weighted by atomic mass is 79.9. The molecule has 5 heteroatoms. The van der Waals surface area contributed by atoms with Crippen LogP contribution in [0.2, 0.25) is 0 Å². The van der Waals surface area contributed by atoms with Gasteiger partial charge in [0.1, 0.15) is 0 Å². The molecular formula is C13H14BrNOS2.